The molecule has 3 rings (SSSR count). The van der Waals surface area contributed by atoms with Crippen LogP contribution in [0.1, 0.15) is 31.2 Å². The fourth-order valence-electron chi connectivity index (χ4n) is 3.95. The highest BCUT2D eigenvalue weighted by Gasteiger charge is 2.37. The van der Waals surface area contributed by atoms with E-state index in [9.17, 15) is 9.59 Å². The quantitative estimate of drug-likeness (QED) is 0.844. The molecule has 0 saturated carbocycles. The van der Waals surface area contributed by atoms with E-state index >= 15 is 0 Å². The molecule has 3 amide bonds. The smallest absolute Gasteiger partial charge is 0.317 e. The van der Waals surface area contributed by atoms with Crippen LogP contribution in [-0.2, 0) is 11.3 Å². The molecule has 0 unspecified atom stereocenters. The van der Waals surface area contributed by atoms with Crippen LogP contribution >= 0.6 is 0 Å². The maximum Gasteiger partial charge on any atom is 0.317 e. The van der Waals surface area contributed by atoms with Gasteiger partial charge in [0.1, 0.15) is 0 Å². The van der Waals surface area contributed by atoms with Crippen molar-refractivity contribution in [2.75, 3.05) is 39.8 Å². The van der Waals surface area contributed by atoms with Crippen molar-refractivity contribution in [3.63, 3.8) is 0 Å². The van der Waals surface area contributed by atoms with E-state index in [0.717, 1.165) is 44.6 Å². The van der Waals surface area contributed by atoms with Crippen LogP contribution in [0.3, 0.4) is 0 Å². The van der Waals surface area contributed by atoms with Gasteiger partial charge < -0.3 is 20.4 Å². The Labute approximate surface area is 155 Å². The summed E-state index contributed by atoms with van der Waals surface area (Å²) in [5.74, 6) is 0.150. The SMILES string of the molecule is CN(Cc1ccccc1)C(=O)NCCC(=O)N1CCC2(CCNC2)CC1. The van der Waals surface area contributed by atoms with Gasteiger partial charge in [0.25, 0.3) is 0 Å². The molecule has 142 valence electrons. The number of urea groups is 1. The minimum atomic E-state index is -0.142. The lowest BCUT2D eigenvalue weighted by Crippen LogP contribution is -2.45. The maximum absolute atomic E-state index is 12.4. The topological polar surface area (TPSA) is 64.7 Å². The lowest BCUT2D eigenvalue weighted by Gasteiger charge is -2.39. The first-order valence-corrected chi connectivity index (χ1v) is 9.59. The number of hydrogen-bond acceptors (Lipinski definition) is 3. The molecule has 2 N–H and O–H groups in total. The van der Waals surface area contributed by atoms with E-state index < -0.39 is 0 Å². The second-order valence-electron chi connectivity index (χ2n) is 7.63. The number of likely N-dealkylation sites (tertiary alicyclic amines) is 1. The van der Waals surface area contributed by atoms with E-state index in [1.54, 1.807) is 11.9 Å². The summed E-state index contributed by atoms with van der Waals surface area (Å²) >= 11 is 0. The van der Waals surface area contributed by atoms with Crippen molar-refractivity contribution < 1.29 is 9.59 Å². The predicted molar refractivity (Wildman–Crippen MR) is 102 cm³/mol. The number of rotatable bonds is 5. The highest BCUT2D eigenvalue weighted by atomic mass is 16.2. The minimum absolute atomic E-state index is 0.142. The lowest BCUT2D eigenvalue weighted by molar-refractivity contribution is -0.133. The van der Waals surface area contributed by atoms with E-state index in [-0.39, 0.29) is 11.9 Å². The Bertz CT molecular complexity index is 603. The van der Waals surface area contributed by atoms with Gasteiger partial charge in [-0.25, -0.2) is 4.79 Å². The largest absolute Gasteiger partial charge is 0.343 e. The lowest BCUT2D eigenvalue weighted by atomic mass is 9.78. The molecule has 2 fully saturated rings. The molecule has 1 aromatic rings. The molecule has 0 aliphatic carbocycles. The summed E-state index contributed by atoms with van der Waals surface area (Å²) in [6, 6.07) is 9.73. The molecular weight excluding hydrogens is 328 g/mol. The Balaban J connectivity index is 1.35. The highest BCUT2D eigenvalue weighted by molar-refractivity contribution is 5.78. The summed E-state index contributed by atoms with van der Waals surface area (Å²) in [7, 11) is 1.77. The molecule has 0 radical (unpaired) electrons. The standard InChI is InChI=1S/C20H30N4O2/c1-23(15-17-5-3-2-4-6-17)19(26)22-11-7-18(25)24-13-9-20(10-14-24)8-12-21-16-20/h2-6,21H,7-16H2,1H3,(H,22,26). The van der Waals surface area contributed by atoms with Crippen molar-refractivity contribution in [3.05, 3.63) is 35.9 Å². The third kappa shape index (κ3) is 4.75. The number of carbonyl (C=O) groups is 2. The first-order chi connectivity index (χ1) is 12.6. The van der Waals surface area contributed by atoms with Gasteiger partial charge in [0.15, 0.2) is 0 Å². The molecule has 0 bridgehead atoms. The zero-order valence-corrected chi connectivity index (χ0v) is 15.7. The number of piperidine rings is 1. The van der Waals surface area contributed by atoms with Gasteiger partial charge in [0.05, 0.1) is 0 Å². The molecule has 2 aliphatic heterocycles. The van der Waals surface area contributed by atoms with Crippen LogP contribution in [0.4, 0.5) is 4.79 Å². The van der Waals surface area contributed by atoms with E-state index in [1.165, 1.54) is 6.42 Å². The molecule has 2 aliphatic rings. The Hall–Kier alpha value is -2.08. The van der Waals surface area contributed by atoms with Gasteiger partial charge >= 0.3 is 6.03 Å². The van der Waals surface area contributed by atoms with Crippen LogP contribution in [0, 0.1) is 5.41 Å². The van der Waals surface area contributed by atoms with Crippen molar-refractivity contribution in [1.29, 1.82) is 0 Å². The zero-order chi connectivity index (χ0) is 18.4. The summed E-state index contributed by atoms with van der Waals surface area (Å²) < 4.78 is 0. The van der Waals surface area contributed by atoms with Gasteiger partial charge in [0.2, 0.25) is 5.91 Å². The number of nitrogens with one attached hydrogen (secondary N) is 2. The fourth-order valence-corrected chi connectivity index (χ4v) is 3.95. The Morgan fingerprint density at radius 2 is 1.92 bits per heavy atom. The van der Waals surface area contributed by atoms with Crippen LogP contribution < -0.4 is 10.6 Å². The number of amides is 3. The third-order valence-electron chi connectivity index (χ3n) is 5.73. The van der Waals surface area contributed by atoms with Crippen LogP contribution in [0.5, 0.6) is 0 Å². The van der Waals surface area contributed by atoms with Gasteiger partial charge in [-0.1, -0.05) is 30.3 Å². The molecule has 2 heterocycles. The van der Waals surface area contributed by atoms with E-state index in [1.807, 2.05) is 35.2 Å². The highest BCUT2D eigenvalue weighted by Crippen LogP contribution is 2.36. The normalized spacial score (nSPS) is 18.7. The molecule has 1 aromatic carbocycles. The number of benzene rings is 1. The van der Waals surface area contributed by atoms with Crippen molar-refractivity contribution in [1.82, 2.24) is 20.4 Å². The molecule has 26 heavy (non-hydrogen) atoms. The molecule has 6 nitrogen and oxygen atoms in total. The molecule has 0 aromatic heterocycles. The molecule has 1 spiro atoms. The molecule has 6 heteroatoms. The van der Waals surface area contributed by atoms with Crippen molar-refractivity contribution in [2.24, 2.45) is 5.41 Å². The van der Waals surface area contributed by atoms with Crippen LogP contribution in [-0.4, -0.2) is 61.5 Å². The van der Waals surface area contributed by atoms with Crippen molar-refractivity contribution in [2.45, 2.75) is 32.2 Å². The second kappa shape index (κ2) is 8.54. The van der Waals surface area contributed by atoms with Crippen LogP contribution in [0.2, 0.25) is 0 Å². The monoisotopic (exact) mass is 358 g/mol. The van der Waals surface area contributed by atoms with Gasteiger partial charge in [-0.15, -0.1) is 0 Å². The first kappa shape index (κ1) is 18.7. The summed E-state index contributed by atoms with van der Waals surface area (Å²) in [4.78, 5) is 28.1. The average Bonchev–Trinajstić information content (AvgIpc) is 3.11. The molecule has 0 atom stereocenters. The summed E-state index contributed by atoms with van der Waals surface area (Å²) in [6.45, 7) is 4.85. The van der Waals surface area contributed by atoms with Gasteiger partial charge in [-0.05, 0) is 36.8 Å². The van der Waals surface area contributed by atoms with E-state index in [4.69, 9.17) is 0 Å². The van der Waals surface area contributed by atoms with E-state index in [2.05, 4.69) is 10.6 Å². The summed E-state index contributed by atoms with van der Waals surface area (Å²) in [6.07, 6.45) is 3.80. The van der Waals surface area contributed by atoms with Gasteiger partial charge in [-0.3, -0.25) is 4.79 Å². The summed E-state index contributed by atoms with van der Waals surface area (Å²) in [5, 5.41) is 6.30. The molecule has 2 saturated heterocycles. The number of carbonyl (C=O) groups excluding carboxylic acids is 2. The van der Waals surface area contributed by atoms with Crippen molar-refractivity contribution in [3.8, 4) is 0 Å². The molecular formula is C20H30N4O2. The van der Waals surface area contributed by atoms with E-state index in [0.29, 0.717) is 24.9 Å². The summed E-state index contributed by atoms with van der Waals surface area (Å²) in [5.41, 5.74) is 1.51. The Kier molecular flexibility index (Phi) is 6.14. The van der Waals surface area contributed by atoms with Gasteiger partial charge in [0, 0.05) is 46.2 Å². The van der Waals surface area contributed by atoms with Crippen LogP contribution in [0.25, 0.3) is 0 Å². The predicted octanol–water partition coefficient (Wildman–Crippen LogP) is 1.82. The maximum atomic E-state index is 12.4. The zero-order valence-electron chi connectivity index (χ0n) is 15.7. The Morgan fingerprint density at radius 3 is 2.58 bits per heavy atom. The minimum Gasteiger partial charge on any atom is -0.343 e. The number of nitrogens with zero attached hydrogens (tertiary/aromatic N) is 2. The second-order valence-corrected chi connectivity index (χ2v) is 7.63. The Morgan fingerprint density at radius 1 is 1.19 bits per heavy atom. The average molecular weight is 358 g/mol. The van der Waals surface area contributed by atoms with Crippen LogP contribution in [0.15, 0.2) is 30.3 Å². The number of hydrogen-bond donors (Lipinski definition) is 2. The fraction of sp³-hybridized carbons (Fsp3) is 0.600. The first-order valence-electron chi connectivity index (χ1n) is 9.59. The van der Waals surface area contributed by atoms with Gasteiger partial charge in [-0.2, -0.15) is 0 Å². The van der Waals surface area contributed by atoms with Crippen molar-refractivity contribution >= 4 is 11.9 Å². The third-order valence-corrected chi connectivity index (χ3v) is 5.73.